The van der Waals surface area contributed by atoms with Crippen molar-refractivity contribution in [3.63, 3.8) is 0 Å². The molecule has 0 aromatic carbocycles. The van der Waals surface area contributed by atoms with E-state index in [1.54, 1.807) is 0 Å². The molecule has 2 fully saturated rings. The third-order valence-corrected chi connectivity index (χ3v) is 9.64. The van der Waals surface area contributed by atoms with Gasteiger partial charge in [-0.2, -0.15) is 0 Å². The Hall–Kier alpha value is -1.16. The Balaban J connectivity index is 0.00000272. The molecule has 2 atom stereocenters. The van der Waals surface area contributed by atoms with Gasteiger partial charge in [-0.1, -0.05) is 140 Å². The van der Waals surface area contributed by atoms with E-state index in [4.69, 9.17) is 9.47 Å². The molecule has 0 aromatic heterocycles. The molecule has 0 unspecified atom stereocenters. The van der Waals surface area contributed by atoms with Crippen LogP contribution in [0.25, 0.3) is 0 Å². The minimum absolute atomic E-state index is 0.264. The Morgan fingerprint density at radius 2 is 0.771 bits per heavy atom. The molecule has 0 radical (unpaired) electrons. The van der Waals surface area contributed by atoms with Gasteiger partial charge in [0.25, 0.3) is 0 Å². The van der Waals surface area contributed by atoms with E-state index < -0.39 is 0 Å². The van der Waals surface area contributed by atoms with Crippen LogP contribution >= 0.6 is 0 Å². The van der Waals surface area contributed by atoms with Crippen LogP contribution in [0.3, 0.4) is 0 Å². The highest BCUT2D eigenvalue weighted by Crippen LogP contribution is 2.43. The van der Waals surface area contributed by atoms with Crippen LogP contribution < -0.4 is 0 Å². The number of ether oxygens (including phenoxy) is 2. The van der Waals surface area contributed by atoms with Gasteiger partial charge in [-0.3, -0.25) is 0 Å². The van der Waals surface area contributed by atoms with Gasteiger partial charge >= 0.3 is 0 Å². The fourth-order valence-electron chi connectivity index (χ4n) is 6.87. The first-order valence-electron chi connectivity index (χ1n) is 21.1. The smallest absolute Gasteiger partial charge is 0.169 e. The monoisotopic (exact) mass is 670 g/mol. The maximum Gasteiger partial charge on any atom is 0.169 e. The second kappa shape index (κ2) is 33.0. The topological polar surface area (TPSA) is 21.7 Å². The van der Waals surface area contributed by atoms with Crippen molar-refractivity contribution in [3.8, 4) is 0 Å². The Labute approximate surface area is 301 Å². The molecule has 1 aliphatic heterocycles. The molecule has 0 N–H and O–H groups in total. The third kappa shape index (κ3) is 26.7. The summed E-state index contributed by atoms with van der Waals surface area (Å²) >= 11 is 0. The summed E-state index contributed by atoms with van der Waals surface area (Å²) < 4.78 is 13.3. The summed E-state index contributed by atoms with van der Waals surface area (Å²) in [5, 5.41) is 0. The lowest BCUT2D eigenvalue weighted by Crippen LogP contribution is -2.31. The molecule has 3 heteroatoms. The Bertz CT molecular complexity index is 732. The molecule has 0 aromatic rings. The second-order valence-electron chi connectivity index (χ2n) is 15.2. The summed E-state index contributed by atoms with van der Waals surface area (Å²) in [6.45, 7) is 4.54. The average molecular weight is 670 g/mol. The normalized spacial score (nSPS) is 19.0. The average Bonchev–Trinajstić information content (AvgIpc) is 3.64. The number of fused-ring (bicyclic) bond motifs is 1. The molecule has 1 saturated carbocycles. The van der Waals surface area contributed by atoms with Gasteiger partial charge in [0.05, 0.1) is 12.2 Å². The summed E-state index contributed by atoms with van der Waals surface area (Å²) in [5.41, 5.74) is 0. The highest BCUT2D eigenvalue weighted by atomic mass is 16.8. The number of hydrogen-bond donors (Lipinski definition) is 0. The van der Waals surface area contributed by atoms with Gasteiger partial charge in [-0.25, -0.2) is 0 Å². The summed E-state index contributed by atoms with van der Waals surface area (Å²) in [6.07, 6.45) is 56.8. The fraction of sp³-hybridized carbons (Fsp3) is 0.822. The highest BCUT2D eigenvalue weighted by Gasteiger charge is 2.48. The second-order valence-corrected chi connectivity index (χ2v) is 15.2. The maximum absolute atomic E-state index is 6.67. The zero-order valence-electron chi connectivity index (χ0n) is 33.0. The Kier molecular flexibility index (Phi) is 30.9. The maximum atomic E-state index is 6.67. The zero-order valence-corrected chi connectivity index (χ0v) is 33.0. The van der Waals surface area contributed by atoms with Crippen molar-refractivity contribution in [1.29, 1.82) is 0 Å². The summed E-state index contributed by atoms with van der Waals surface area (Å²) in [6, 6.07) is 0. The van der Waals surface area contributed by atoms with E-state index in [0.29, 0.717) is 12.2 Å². The van der Waals surface area contributed by atoms with Crippen LogP contribution in [-0.2, 0) is 9.47 Å². The van der Waals surface area contributed by atoms with Crippen LogP contribution in [0, 0.1) is 0 Å². The number of hydrogen-bond acceptors (Lipinski definition) is 3. The van der Waals surface area contributed by atoms with E-state index in [1.807, 2.05) is 26.0 Å². The quantitative estimate of drug-likeness (QED) is 0.0561. The van der Waals surface area contributed by atoms with Crippen LogP contribution in [0.1, 0.15) is 200 Å². The largest absolute Gasteiger partial charge is 0.344 e. The van der Waals surface area contributed by atoms with Crippen molar-refractivity contribution >= 4 is 0 Å². The van der Waals surface area contributed by atoms with Crippen LogP contribution in [-0.4, -0.2) is 44.0 Å². The first-order valence-corrected chi connectivity index (χ1v) is 21.1. The molecular weight excluding hydrogens is 587 g/mol. The van der Waals surface area contributed by atoms with Crippen molar-refractivity contribution in [2.45, 2.75) is 218 Å². The molecule has 0 bridgehead atoms. The molecule has 2 aliphatic rings. The van der Waals surface area contributed by atoms with Gasteiger partial charge in [0.1, 0.15) is 0 Å². The van der Waals surface area contributed by atoms with Crippen LogP contribution in [0.2, 0.25) is 0 Å². The van der Waals surface area contributed by atoms with E-state index in [2.05, 4.69) is 62.5 Å². The summed E-state index contributed by atoms with van der Waals surface area (Å²) in [4.78, 5) is 2.00. The first-order chi connectivity index (χ1) is 23.5. The standard InChI is InChI=1S/C42H74O2.C3H9N/c1-3-5-7-9-11-13-15-17-19-21-23-25-27-29-31-33-38-42(43-40-36-35-37-41(40)44-42)39-34-32-30-28-26-24-22-20-18-16-14-12-10-8-6-4-2;1-4(2)3/h11-14,17-20,40-41H,3-10,15-16,21-39H2,1-2H3;1-3H3/b13-11-,14-12-,19-17-,20-18-;/t40-,41+;. The third-order valence-electron chi connectivity index (χ3n) is 9.64. The van der Waals surface area contributed by atoms with Crippen LogP contribution in [0.4, 0.5) is 0 Å². The van der Waals surface area contributed by atoms with Crippen LogP contribution in [0.5, 0.6) is 0 Å². The lowest BCUT2D eigenvalue weighted by molar-refractivity contribution is -0.190. The van der Waals surface area contributed by atoms with Crippen molar-refractivity contribution in [3.05, 3.63) is 48.6 Å². The van der Waals surface area contributed by atoms with E-state index in [1.165, 1.54) is 161 Å². The molecule has 1 aliphatic carbocycles. The van der Waals surface area contributed by atoms with Crippen molar-refractivity contribution in [2.24, 2.45) is 0 Å². The predicted octanol–water partition coefficient (Wildman–Crippen LogP) is 14.2. The molecular formula is C45H83NO2. The lowest BCUT2D eigenvalue weighted by Gasteiger charge is -2.29. The zero-order chi connectivity index (χ0) is 34.8. The molecule has 1 saturated heterocycles. The van der Waals surface area contributed by atoms with Gasteiger partial charge in [-0.15, -0.1) is 0 Å². The highest BCUT2D eigenvalue weighted by molar-refractivity contribution is 4.94. The Morgan fingerprint density at radius 3 is 1.12 bits per heavy atom. The summed E-state index contributed by atoms with van der Waals surface area (Å²) in [5.74, 6) is -0.264. The minimum Gasteiger partial charge on any atom is -0.344 e. The van der Waals surface area contributed by atoms with Gasteiger partial charge in [0.2, 0.25) is 0 Å². The molecule has 280 valence electrons. The van der Waals surface area contributed by atoms with Crippen molar-refractivity contribution in [2.75, 3.05) is 21.1 Å². The number of unbranched alkanes of at least 4 members (excludes halogenated alkanes) is 18. The number of rotatable bonds is 30. The van der Waals surface area contributed by atoms with E-state index in [-0.39, 0.29) is 5.79 Å². The van der Waals surface area contributed by atoms with Crippen molar-refractivity contribution in [1.82, 2.24) is 4.90 Å². The summed E-state index contributed by atoms with van der Waals surface area (Å²) in [7, 11) is 6.00. The van der Waals surface area contributed by atoms with Gasteiger partial charge in [-0.05, 0) is 117 Å². The first kappa shape index (κ1) is 44.9. The molecule has 3 nitrogen and oxygen atoms in total. The molecule has 0 spiro atoms. The van der Waals surface area contributed by atoms with Gasteiger partial charge < -0.3 is 14.4 Å². The van der Waals surface area contributed by atoms with Crippen LogP contribution in [0.15, 0.2) is 48.6 Å². The SMILES string of the molecule is CCCCC/C=C\C/C=C\CCCCCCCCC1(CCCCCCCC/C=C\C/C=C\CCCCC)O[C@H]2CCC[C@H]2O1.CN(C)C. The number of allylic oxidation sites excluding steroid dienone is 8. The van der Waals surface area contributed by atoms with E-state index in [0.717, 1.165) is 25.7 Å². The molecule has 0 amide bonds. The van der Waals surface area contributed by atoms with E-state index in [9.17, 15) is 0 Å². The van der Waals surface area contributed by atoms with Gasteiger partial charge in [0.15, 0.2) is 5.79 Å². The predicted molar refractivity (Wildman–Crippen MR) is 214 cm³/mol. The van der Waals surface area contributed by atoms with E-state index >= 15 is 0 Å². The molecule has 1 heterocycles. The molecule has 48 heavy (non-hydrogen) atoms. The van der Waals surface area contributed by atoms with Crippen molar-refractivity contribution < 1.29 is 9.47 Å². The van der Waals surface area contributed by atoms with Gasteiger partial charge in [0, 0.05) is 12.8 Å². The molecule has 2 rings (SSSR count). The lowest BCUT2D eigenvalue weighted by atomic mass is 9.98. The Morgan fingerprint density at radius 1 is 0.458 bits per heavy atom. The number of nitrogens with zero attached hydrogens (tertiary/aromatic N) is 1. The minimum atomic E-state index is -0.264. The fourth-order valence-corrected chi connectivity index (χ4v) is 6.87.